The van der Waals surface area contributed by atoms with Gasteiger partial charge in [0.25, 0.3) is 5.91 Å². The van der Waals surface area contributed by atoms with Crippen molar-refractivity contribution in [1.29, 1.82) is 0 Å². The molecule has 6 heteroatoms. The number of ether oxygens (including phenoxy) is 1. The minimum Gasteiger partial charge on any atom is -0.497 e. The maximum absolute atomic E-state index is 13.0. The van der Waals surface area contributed by atoms with E-state index in [9.17, 15) is 4.79 Å². The van der Waals surface area contributed by atoms with Crippen molar-refractivity contribution in [3.63, 3.8) is 0 Å². The molecule has 150 valence electrons. The number of hydrogen-bond acceptors (Lipinski definition) is 5. The molecule has 0 unspecified atom stereocenters. The average Bonchev–Trinajstić information content (AvgIpc) is 2.75. The lowest BCUT2D eigenvalue weighted by Crippen LogP contribution is -2.31. The Labute approximate surface area is 171 Å². The van der Waals surface area contributed by atoms with Crippen molar-refractivity contribution in [3.05, 3.63) is 77.7 Å². The lowest BCUT2D eigenvalue weighted by molar-refractivity contribution is 0.0983. The normalized spacial score (nSPS) is 10.4. The zero-order valence-corrected chi connectivity index (χ0v) is 17.1. The molecule has 0 aliphatic carbocycles. The van der Waals surface area contributed by atoms with Crippen LogP contribution in [0.5, 0.6) is 5.75 Å². The third kappa shape index (κ3) is 5.31. The van der Waals surface area contributed by atoms with Crippen LogP contribution in [0, 0.1) is 6.92 Å². The summed E-state index contributed by atoms with van der Waals surface area (Å²) in [5.74, 6) is 1.91. The smallest absolute Gasteiger partial charge is 0.277 e. The highest BCUT2D eigenvalue weighted by atomic mass is 16.5. The molecule has 3 aromatic rings. The number of methoxy groups -OCH3 is 1. The lowest BCUT2D eigenvalue weighted by atomic mass is 10.1. The largest absolute Gasteiger partial charge is 0.497 e. The number of carbonyl (C=O) groups excluding carboxylic acids is 1. The van der Waals surface area contributed by atoms with Gasteiger partial charge >= 0.3 is 0 Å². The number of benzene rings is 2. The first-order valence-corrected chi connectivity index (χ1v) is 9.70. The molecule has 1 heterocycles. The third-order valence-corrected chi connectivity index (χ3v) is 4.54. The van der Waals surface area contributed by atoms with Crippen molar-refractivity contribution in [2.75, 3.05) is 30.4 Å². The third-order valence-electron chi connectivity index (χ3n) is 4.54. The predicted molar refractivity (Wildman–Crippen MR) is 116 cm³/mol. The van der Waals surface area contributed by atoms with Crippen LogP contribution in [0.4, 0.5) is 11.5 Å². The van der Waals surface area contributed by atoms with E-state index < -0.39 is 0 Å². The molecule has 0 aliphatic rings. The second-order valence-electron chi connectivity index (χ2n) is 6.60. The Kier molecular flexibility index (Phi) is 6.79. The van der Waals surface area contributed by atoms with Gasteiger partial charge in [-0.15, -0.1) is 0 Å². The molecule has 2 aromatic carbocycles. The van der Waals surface area contributed by atoms with Crippen LogP contribution in [-0.2, 0) is 6.42 Å². The number of aromatic nitrogens is 2. The number of para-hydroxylation sites is 1. The van der Waals surface area contributed by atoms with Gasteiger partial charge in [0.15, 0.2) is 0 Å². The van der Waals surface area contributed by atoms with Crippen molar-refractivity contribution in [2.24, 2.45) is 0 Å². The number of anilines is 2. The molecular weight excluding hydrogens is 364 g/mol. The van der Waals surface area contributed by atoms with Crippen molar-refractivity contribution in [2.45, 2.75) is 20.3 Å². The van der Waals surface area contributed by atoms with E-state index >= 15 is 0 Å². The molecule has 0 saturated carbocycles. The van der Waals surface area contributed by atoms with Gasteiger partial charge in [-0.25, -0.2) is 9.97 Å². The first-order valence-electron chi connectivity index (χ1n) is 9.70. The number of carbonyl (C=O) groups is 1. The van der Waals surface area contributed by atoms with Crippen LogP contribution in [0.25, 0.3) is 0 Å². The van der Waals surface area contributed by atoms with Gasteiger partial charge in [0.1, 0.15) is 23.1 Å². The Balaban J connectivity index is 1.71. The van der Waals surface area contributed by atoms with Gasteiger partial charge in [-0.05, 0) is 50.1 Å². The van der Waals surface area contributed by atoms with Crippen LogP contribution in [0.2, 0.25) is 0 Å². The molecular formula is C23H26N4O2. The number of nitrogens with zero attached hydrogens (tertiary/aromatic N) is 3. The minimum absolute atomic E-state index is 0.139. The zero-order chi connectivity index (χ0) is 20.6. The summed E-state index contributed by atoms with van der Waals surface area (Å²) in [5.41, 5.74) is 2.40. The number of hydrogen-bond donors (Lipinski definition) is 1. The van der Waals surface area contributed by atoms with E-state index in [1.807, 2.05) is 55.5 Å². The van der Waals surface area contributed by atoms with E-state index in [2.05, 4.69) is 21.4 Å². The van der Waals surface area contributed by atoms with Crippen molar-refractivity contribution in [3.8, 4) is 5.75 Å². The highest BCUT2D eigenvalue weighted by Gasteiger charge is 2.18. The maximum Gasteiger partial charge on any atom is 0.277 e. The first kappa shape index (κ1) is 20.3. The van der Waals surface area contributed by atoms with Gasteiger partial charge < -0.3 is 15.0 Å². The first-order chi connectivity index (χ1) is 14.1. The Morgan fingerprint density at radius 3 is 2.59 bits per heavy atom. The number of amides is 1. The van der Waals surface area contributed by atoms with Gasteiger partial charge in [-0.3, -0.25) is 4.79 Å². The molecule has 0 spiro atoms. The number of nitrogens with one attached hydrogen (secondary N) is 1. The van der Waals surface area contributed by atoms with Gasteiger partial charge in [0.2, 0.25) is 0 Å². The Morgan fingerprint density at radius 1 is 1.07 bits per heavy atom. The Morgan fingerprint density at radius 2 is 1.86 bits per heavy atom. The lowest BCUT2D eigenvalue weighted by Gasteiger charge is -2.21. The second-order valence-corrected chi connectivity index (χ2v) is 6.60. The monoisotopic (exact) mass is 390 g/mol. The van der Waals surface area contributed by atoms with Gasteiger partial charge in [-0.2, -0.15) is 0 Å². The van der Waals surface area contributed by atoms with E-state index in [-0.39, 0.29) is 5.91 Å². The number of rotatable bonds is 8. The Hall–Kier alpha value is -3.41. The fourth-order valence-corrected chi connectivity index (χ4v) is 3.12. The van der Waals surface area contributed by atoms with Crippen LogP contribution in [0.15, 0.2) is 60.7 Å². The highest BCUT2D eigenvalue weighted by Crippen LogP contribution is 2.18. The maximum atomic E-state index is 13.0. The molecule has 29 heavy (non-hydrogen) atoms. The van der Waals surface area contributed by atoms with Crippen molar-refractivity contribution in [1.82, 2.24) is 9.97 Å². The highest BCUT2D eigenvalue weighted by molar-refractivity contribution is 6.05. The van der Waals surface area contributed by atoms with E-state index in [0.717, 1.165) is 17.9 Å². The molecule has 0 radical (unpaired) electrons. The zero-order valence-electron chi connectivity index (χ0n) is 17.1. The van der Waals surface area contributed by atoms with Crippen LogP contribution in [0.3, 0.4) is 0 Å². The molecule has 0 atom stereocenters. The summed E-state index contributed by atoms with van der Waals surface area (Å²) in [6.45, 7) is 4.99. The second kappa shape index (κ2) is 9.68. The van der Waals surface area contributed by atoms with Gasteiger partial charge in [0.05, 0.1) is 7.11 Å². The predicted octanol–water partition coefficient (Wildman–Crippen LogP) is 4.11. The van der Waals surface area contributed by atoms with E-state index in [0.29, 0.717) is 30.4 Å². The fraction of sp³-hybridized carbons (Fsp3) is 0.261. The fourth-order valence-electron chi connectivity index (χ4n) is 3.12. The molecule has 6 nitrogen and oxygen atoms in total. The summed E-state index contributed by atoms with van der Waals surface area (Å²) < 4.78 is 5.26. The van der Waals surface area contributed by atoms with Crippen LogP contribution in [-0.4, -0.2) is 36.1 Å². The molecule has 1 N–H and O–H groups in total. The summed E-state index contributed by atoms with van der Waals surface area (Å²) in [6, 6.07) is 19.3. The molecule has 0 saturated heterocycles. The van der Waals surface area contributed by atoms with Gasteiger partial charge in [-0.1, -0.05) is 30.3 Å². The Bertz CT molecular complexity index is 960. The molecule has 1 amide bonds. The summed E-state index contributed by atoms with van der Waals surface area (Å²) in [7, 11) is 1.66. The SMILES string of the molecule is CCN(C(=O)c1cc(NCCc2cccc(OC)c2)nc(C)n1)c1ccccc1. The van der Waals surface area contributed by atoms with Crippen molar-refractivity contribution >= 4 is 17.4 Å². The summed E-state index contributed by atoms with van der Waals surface area (Å²) in [5, 5.41) is 3.30. The van der Waals surface area contributed by atoms with E-state index in [4.69, 9.17) is 4.74 Å². The minimum atomic E-state index is -0.139. The quantitative estimate of drug-likeness (QED) is 0.627. The molecule has 0 fully saturated rings. The van der Waals surface area contributed by atoms with E-state index in [1.165, 1.54) is 5.56 Å². The standard InChI is InChI=1S/C23H26N4O2/c1-4-27(19-10-6-5-7-11-19)23(28)21-16-22(26-17(2)25-21)24-14-13-18-9-8-12-20(15-18)29-3/h5-12,15-16H,4,13-14H2,1-3H3,(H,24,25,26). The topological polar surface area (TPSA) is 67.4 Å². The number of aryl methyl sites for hydroxylation is 1. The molecule has 0 aliphatic heterocycles. The molecule has 0 bridgehead atoms. The molecule has 1 aromatic heterocycles. The van der Waals surface area contributed by atoms with Gasteiger partial charge in [0, 0.05) is 24.8 Å². The van der Waals surface area contributed by atoms with E-state index in [1.54, 1.807) is 25.0 Å². The molecule has 3 rings (SSSR count). The van der Waals surface area contributed by atoms with Crippen LogP contribution in [0.1, 0.15) is 28.8 Å². The summed E-state index contributed by atoms with van der Waals surface area (Å²) >= 11 is 0. The summed E-state index contributed by atoms with van der Waals surface area (Å²) in [6.07, 6.45) is 0.814. The van der Waals surface area contributed by atoms with Crippen molar-refractivity contribution < 1.29 is 9.53 Å². The van der Waals surface area contributed by atoms with Crippen LogP contribution < -0.4 is 15.0 Å². The summed E-state index contributed by atoms with van der Waals surface area (Å²) in [4.78, 5) is 23.5. The average molecular weight is 390 g/mol. The van der Waals surface area contributed by atoms with Crippen LogP contribution >= 0.6 is 0 Å².